The Kier molecular flexibility index (Phi) is 7.16. The lowest BCUT2D eigenvalue weighted by Gasteiger charge is -2.37. The zero-order valence-electron chi connectivity index (χ0n) is 16.9. The van der Waals surface area contributed by atoms with Gasteiger partial charge in [-0.25, -0.2) is 4.99 Å². The molecule has 3 aliphatic rings. The van der Waals surface area contributed by atoms with Gasteiger partial charge in [0, 0.05) is 32.2 Å². The number of amides is 1. The minimum Gasteiger partial charge on any atom is -0.353 e. The Balaban J connectivity index is 0.00000225. The van der Waals surface area contributed by atoms with Crippen molar-refractivity contribution in [2.75, 3.05) is 19.6 Å². The molecule has 0 unspecified atom stereocenters. The van der Waals surface area contributed by atoms with E-state index in [4.69, 9.17) is 4.99 Å². The fraction of sp³-hybridized carbons (Fsp3) is 0.789. The molecule has 0 radical (unpaired) electrons. The number of rotatable bonds is 4. The van der Waals surface area contributed by atoms with Gasteiger partial charge >= 0.3 is 0 Å². The van der Waals surface area contributed by atoms with Crippen LogP contribution in [0.5, 0.6) is 0 Å². The molecular weight excluding hydrogens is 469 g/mol. The predicted octanol–water partition coefficient (Wildman–Crippen LogP) is 1.83. The van der Waals surface area contributed by atoms with Crippen molar-refractivity contribution < 1.29 is 4.79 Å². The maximum atomic E-state index is 12.6. The highest BCUT2D eigenvalue weighted by Crippen LogP contribution is 2.28. The van der Waals surface area contributed by atoms with Crippen LogP contribution in [0, 0.1) is 6.92 Å². The Morgan fingerprint density at radius 3 is 2.50 bits per heavy atom. The molecule has 2 heterocycles. The first-order valence-electron chi connectivity index (χ1n) is 10.3. The number of hydrogen-bond acceptors (Lipinski definition) is 4. The van der Waals surface area contributed by atoms with Crippen molar-refractivity contribution >= 4 is 35.8 Å². The van der Waals surface area contributed by atoms with Crippen LogP contribution in [-0.2, 0) is 18.4 Å². The monoisotopic (exact) mass is 501 g/mol. The van der Waals surface area contributed by atoms with Gasteiger partial charge in [0.2, 0.25) is 5.91 Å². The van der Waals surface area contributed by atoms with E-state index in [-0.39, 0.29) is 29.9 Å². The third kappa shape index (κ3) is 4.96. The van der Waals surface area contributed by atoms with Gasteiger partial charge in [-0.05, 0) is 32.6 Å². The highest BCUT2D eigenvalue weighted by molar-refractivity contribution is 14.0. The van der Waals surface area contributed by atoms with Crippen LogP contribution >= 0.6 is 24.0 Å². The molecule has 0 aromatic carbocycles. The Bertz CT molecular complexity index is 709. The molecule has 156 valence electrons. The average Bonchev–Trinajstić information content (AvgIpc) is 3.47. The molecule has 8 nitrogen and oxygen atoms in total. The number of guanidine groups is 1. The molecular formula is C19H32IN7O. The van der Waals surface area contributed by atoms with Crippen LogP contribution in [0.2, 0.25) is 0 Å². The average molecular weight is 501 g/mol. The number of carbonyl (C=O) groups excluding carboxylic acids is 1. The molecule has 9 heteroatoms. The van der Waals surface area contributed by atoms with Crippen molar-refractivity contribution in [1.82, 2.24) is 29.9 Å². The summed E-state index contributed by atoms with van der Waals surface area (Å²) in [5, 5.41) is 12.0. The van der Waals surface area contributed by atoms with Gasteiger partial charge in [-0.2, -0.15) is 0 Å². The number of carbonyl (C=O) groups is 1. The van der Waals surface area contributed by atoms with Crippen LogP contribution in [0.3, 0.4) is 0 Å². The van der Waals surface area contributed by atoms with Crippen LogP contribution in [0.15, 0.2) is 4.99 Å². The molecule has 2 aliphatic carbocycles. The van der Waals surface area contributed by atoms with Crippen molar-refractivity contribution in [2.24, 2.45) is 12.0 Å². The lowest BCUT2D eigenvalue weighted by atomic mass is 9.96. The van der Waals surface area contributed by atoms with E-state index >= 15 is 0 Å². The van der Waals surface area contributed by atoms with Crippen LogP contribution < -0.4 is 5.32 Å². The smallest absolute Gasteiger partial charge is 0.242 e. The zero-order valence-corrected chi connectivity index (χ0v) is 19.3. The van der Waals surface area contributed by atoms with Crippen molar-refractivity contribution in [3.05, 3.63) is 11.6 Å². The second-order valence-electron chi connectivity index (χ2n) is 8.08. The topological polar surface area (TPSA) is 78.7 Å². The van der Waals surface area contributed by atoms with E-state index in [0.29, 0.717) is 25.2 Å². The van der Waals surface area contributed by atoms with Crippen LogP contribution in [0.25, 0.3) is 0 Å². The molecule has 1 saturated heterocycles. The van der Waals surface area contributed by atoms with Gasteiger partial charge < -0.3 is 19.7 Å². The van der Waals surface area contributed by atoms with E-state index < -0.39 is 0 Å². The van der Waals surface area contributed by atoms with E-state index in [1.165, 1.54) is 44.9 Å². The van der Waals surface area contributed by atoms with Gasteiger partial charge in [0.25, 0.3) is 0 Å². The van der Waals surface area contributed by atoms with Crippen LogP contribution in [0.1, 0.15) is 56.6 Å². The summed E-state index contributed by atoms with van der Waals surface area (Å²) in [6, 6.07) is 0.947. The normalized spacial score (nSPS) is 21.6. The van der Waals surface area contributed by atoms with Crippen LogP contribution in [-0.4, -0.2) is 68.1 Å². The van der Waals surface area contributed by atoms with Gasteiger partial charge in [-0.3, -0.25) is 4.79 Å². The summed E-state index contributed by atoms with van der Waals surface area (Å²) < 4.78 is 1.97. The summed E-state index contributed by atoms with van der Waals surface area (Å²) in [7, 11) is 1.96. The first-order valence-corrected chi connectivity index (χ1v) is 10.3. The highest BCUT2D eigenvalue weighted by atomic mass is 127. The Labute approximate surface area is 184 Å². The van der Waals surface area contributed by atoms with Crippen molar-refractivity contribution in [3.63, 3.8) is 0 Å². The number of aliphatic imine (C=N–C) groups is 1. The molecule has 1 aromatic rings. The molecule has 0 bridgehead atoms. The Morgan fingerprint density at radius 2 is 1.89 bits per heavy atom. The van der Waals surface area contributed by atoms with Gasteiger partial charge in [0.15, 0.2) is 11.8 Å². The number of piperazine rings is 1. The lowest BCUT2D eigenvalue weighted by molar-refractivity contribution is -0.135. The minimum atomic E-state index is 0. The molecule has 0 atom stereocenters. The first kappa shape index (κ1) is 21.3. The largest absolute Gasteiger partial charge is 0.353 e. The number of halogens is 1. The van der Waals surface area contributed by atoms with E-state index in [0.717, 1.165) is 30.7 Å². The molecule has 1 aromatic heterocycles. The fourth-order valence-corrected chi connectivity index (χ4v) is 4.04. The molecule has 1 N–H and O–H groups in total. The molecule has 2 saturated carbocycles. The van der Waals surface area contributed by atoms with E-state index in [1.54, 1.807) is 0 Å². The van der Waals surface area contributed by atoms with E-state index in [2.05, 4.69) is 25.3 Å². The minimum absolute atomic E-state index is 0. The van der Waals surface area contributed by atoms with E-state index in [1.807, 2.05) is 18.5 Å². The molecule has 3 fully saturated rings. The lowest BCUT2D eigenvalue weighted by Crippen LogP contribution is -2.57. The number of nitrogens with zero attached hydrogens (tertiary/aromatic N) is 6. The van der Waals surface area contributed by atoms with Gasteiger partial charge in [-0.15, -0.1) is 34.2 Å². The second kappa shape index (κ2) is 9.41. The van der Waals surface area contributed by atoms with Crippen molar-refractivity contribution in [3.8, 4) is 0 Å². The van der Waals surface area contributed by atoms with Crippen LogP contribution in [0.4, 0.5) is 0 Å². The summed E-state index contributed by atoms with van der Waals surface area (Å²) in [6.07, 6.45) is 8.54. The maximum absolute atomic E-state index is 12.6. The predicted molar refractivity (Wildman–Crippen MR) is 119 cm³/mol. The Hall–Kier alpha value is -1.39. The fourth-order valence-electron chi connectivity index (χ4n) is 4.04. The number of aryl methyl sites for hydroxylation is 1. The standard InChI is InChI=1S/C19H31N7O.HI/c1-14-22-23-17(24(14)2)12-20-19(21-15-6-4-3-5-7-15)25-10-11-26(16-8-9-16)18(27)13-25;/h15-16H,3-13H2,1-2H3,(H,20,21);1H. The zero-order chi connectivity index (χ0) is 18.8. The number of nitrogens with one attached hydrogen (secondary N) is 1. The summed E-state index contributed by atoms with van der Waals surface area (Å²) in [5.41, 5.74) is 0. The summed E-state index contributed by atoms with van der Waals surface area (Å²) in [4.78, 5) is 21.6. The second-order valence-corrected chi connectivity index (χ2v) is 8.08. The highest BCUT2D eigenvalue weighted by Gasteiger charge is 2.36. The Morgan fingerprint density at radius 1 is 1.14 bits per heavy atom. The molecule has 1 aliphatic heterocycles. The SMILES string of the molecule is Cc1nnc(CN=C(NC2CCCCC2)N2CCN(C3CC3)C(=O)C2)n1C.I. The van der Waals surface area contributed by atoms with Gasteiger partial charge in [-0.1, -0.05) is 19.3 Å². The third-order valence-electron chi connectivity index (χ3n) is 6.04. The number of hydrogen-bond donors (Lipinski definition) is 1. The third-order valence-corrected chi connectivity index (χ3v) is 6.04. The summed E-state index contributed by atoms with van der Waals surface area (Å²) >= 11 is 0. The van der Waals surface area contributed by atoms with Crippen molar-refractivity contribution in [2.45, 2.75) is 70.5 Å². The maximum Gasteiger partial charge on any atom is 0.242 e. The van der Waals surface area contributed by atoms with Gasteiger partial charge in [0.05, 0.1) is 6.54 Å². The molecule has 4 rings (SSSR count). The first-order chi connectivity index (χ1) is 13.1. The van der Waals surface area contributed by atoms with E-state index in [9.17, 15) is 4.79 Å². The van der Waals surface area contributed by atoms with Gasteiger partial charge in [0.1, 0.15) is 12.4 Å². The number of aromatic nitrogens is 3. The molecule has 1 amide bonds. The molecule has 0 spiro atoms. The quantitative estimate of drug-likeness (QED) is 0.387. The summed E-state index contributed by atoms with van der Waals surface area (Å²) in [5.74, 6) is 2.82. The molecule has 28 heavy (non-hydrogen) atoms. The summed E-state index contributed by atoms with van der Waals surface area (Å²) in [6.45, 7) is 4.49. The van der Waals surface area contributed by atoms with Crippen molar-refractivity contribution in [1.29, 1.82) is 0 Å².